The van der Waals surface area contributed by atoms with Gasteiger partial charge in [0.1, 0.15) is 18.5 Å². The van der Waals surface area contributed by atoms with Crippen LogP contribution in [0.3, 0.4) is 0 Å². The molecule has 5 rings (SSSR count). The van der Waals surface area contributed by atoms with Crippen molar-refractivity contribution in [2.45, 2.75) is 65.6 Å². The van der Waals surface area contributed by atoms with Gasteiger partial charge in [-0.05, 0) is 36.7 Å². The number of ether oxygens (including phenoxy) is 3. The first kappa shape index (κ1) is 23.5. The number of hydrogen-bond acceptors (Lipinski definition) is 8. The number of aliphatic hydroxyl groups is 1. The van der Waals surface area contributed by atoms with Crippen LogP contribution in [0.4, 0.5) is 0 Å². The zero-order chi connectivity index (χ0) is 24.8. The van der Waals surface area contributed by atoms with Crippen molar-refractivity contribution in [2.24, 2.45) is 45.8 Å². The van der Waals surface area contributed by atoms with Crippen LogP contribution in [0, 0.1) is 45.8 Å². The van der Waals surface area contributed by atoms with E-state index in [1.807, 2.05) is 33.8 Å². The summed E-state index contributed by atoms with van der Waals surface area (Å²) in [6.45, 7) is 7.76. The summed E-state index contributed by atoms with van der Waals surface area (Å²) in [4.78, 5) is 52.2. The lowest BCUT2D eigenvalue weighted by atomic mass is 9.36. The first-order valence-electron chi connectivity index (χ1n) is 12.3. The summed E-state index contributed by atoms with van der Waals surface area (Å²) in [6.07, 6.45) is 1.01. The van der Waals surface area contributed by atoms with Crippen LogP contribution >= 0.6 is 0 Å². The van der Waals surface area contributed by atoms with E-state index < -0.39 is 52.2 Å². The highest BCUT2D eigenvalue weighted by Gasteiger charge is 2.74. The second-order valence-electron chi connectivity index (χ2n) is 11.8. The van der Waals surface area contributed by atoms with Crippen molar-refractivity contribution in [1.29, 1.82) is 0 Å². The molecule has 186 valence electrons. The van der Waals surface area contributed by atoms with Crippen molar-refractivity contribution in [2.75, 3.05) is 13.7 Å². The summed E-state index contributed by atoms with van der Waals surface area (Å²) >= 11 is 0. The predicted molar refractivity (Wildman–Crippen MR) is 118 cm³/mol. The SMILES string of the molecule is COC1=C[C@@H](C)[C@@H]2C[C@H]3OC(=O)C[C@@H]4[C@@]3(C)[C@H]([C@H](O)C[C@@]4(C)C(=O)[C@@H]3COC(=O)C3)[C@@]2(C)C1=O. The predicted octanol–water partition coefficient (Wildman–Crippen LogP) is 2.22. The Balaban J connectivity index is 1.64. The highest BCUT2D eigenvalue weighted by Crippen LogP contribution is 2.70. The van der Waals surface area contributed by atoms with Crippen molar-refractivity contribution in [1.82, 2.24) is 0 Å². The molecule has 0 aromatic heterocycles. The number of methoxy groups -OCH3 is 1. The lowest BCUT2D eigenvalue weighted by molar-refractivity contribution is -0.268. The van der Waals surface area contributed by atoms with Gasteiger partial charge in [0.05, 0.1) is 25.6 Å². The molecule has 10 atom stereocenters. The van der Waals surface area contributed by atoms with Gasteiger partial charge in [0.2, 0.25) is 5.78 Å². The number of hydrogen-bond donors (Lipinski definition) is 1. The molecule has 8 heteroatoms. The molecule has 0 radical (unpaired) electrons. The summed E-state index contributed by atoms with van der Waals surface area (Å²) in [5, 5.41) is 11.7. The number of aliphatic hydroxyl groups excluding tert-OH is 1. The second kappa shape index (κ2) is 7.39. The number of ketones is 2. The molecule has 2 saturated carbocycles. The van der Waals surface area contributed by atoms with Crippen molar-refractivity contribution < 1.29 is 38.5 Å². The number of Topliss-reactive ketones (excluding diaryl/α,β-unsaturated/α-hetero) is 2. The summed E-state index contributed by atoms with van der Waals surface area (Å²) in [5.74, 6) is -2.43. The Hall–Kier alpha value is -2.22. The lowest BCUT2D eigenvalue weighted by Gasteiger charge is -2.69. The third-order valence-electron chi connectivity index (χ3n) is 10.2. The highest BCUT2D eigenvalue weighted by atomic mass is 16.5. The Bertz CT molecular complexity index is 1000. The maximum atomic E-state index is 13.8. The standard InChI is InChI=1S/C26H34O8/c1-12-6-16(32-5)23(31)25(3)14(12)8-18-26(4)17(9-20(29)34-18)24(2,10-15(27)21(25)26)22(30)13-7-19(28)33-11-13/h6,12-15,17-18,21,27H,7-11H2,1-5H3/t12-,13+,14+,15-,17+,18-,21-,24-,25+,26-/m1/s1. The van der Waals surface area contributed by atoms with E-state index in [9.17, 15) is 24.3 Å². The number of carbonyl (C=O) groups is 4. The van der Waals surface area contributed by atoms with Gasteiger partial charge >= 0.3 is 11.9 Å². The van der Waals surface area contributed by atoms with Crippen molar-refractivity contribution in [3.05, 3.63) is 11.8 Å². The Morgan fingerprint density at radius 1 is 1.15 bits per heavy atom. The van der Waals surface area contributed by atoms with Gasteiger partial charge in [-0.3, -0.25) is 19.2 Å². The largest absolute Gasteiger partial charge is 0.493 e. The highest BCUT2D eigenvalue weighted by molar-refractivity contribution is 6.00. The number of rotatable bonds is 3. The van der Waals surface area contributed by atoms with Crippen LogP contribution in [0.1, 0.15) is 53.4 Å². The monoisotopic (exact) mass is 474 g/mol. The summed E-state index contributed by atoms with van der Waals surface area (Å²) < 4.78 is 16.4. The first-order chi connectivity index (χ1) is 15.9. The minimum absolute atomic E-state index is 0.00919. The van der Waals surface area contributed by atoms with Gasteiger partial charge in [0.25, 0.3) is 0 Å². The number of fused-ring (bicyclic) bond motifs is 2. The Morgan fingerprint density at radius 3 is 2.47 bits per heavy atom. The van der Waals surface area contributed by atoms with Gasteiger partial charge in [-0.1, -0.05) is 27.7 Å². The van der Waals surface area contributed by atoms with Crippen LogP contribution in [0.5, 0.6) is 0 Å². The van der Waals surface area contributed by atoms with E-state index in [0.717, 1.165) is 0 Å². The van der Waals surface area contributed by atoms with E-state index in [1.54, 1.807) is 0 Å². The molecule has 0 bridgehead atoms. The number of cyclic esters (lactones) is 1. The zero-order valence-corrected chi connectivity index (χ0v) is 20.5. The van der Waals surface area contributed by atoms with E-state index in [-0.39, 0.29) is 55.2 Å². The van der Waals surface area contributed by atoms with Crippen LogP contribution in [0.2, 0.25) is 0 Å². The Kier molecular flexibility index (Phi) is 5.11. The molecule has 2 heterocycles. The molecule has 5 aliphatic rings. The van der Waals surface area contributed by atoms with Crippen molar-refractivity contribution in [3.63, 3.8) is 0 Å². The van der Waals surface area contributed by atoms with Crippen LogP contribution in [0.15, 0.2) is 11.8 Å². The van der Waals surface area contributed by atoms with E-state index in [0.29, 0.717) is 12.2 Å². The van der Waals surface area contributed by atoms with Crippen LogP contribution in [-0.2, 0) is 33.4 Å². The normalized spacial score (nSPS) is 49.9. The van der Waals surface area contributed by atoms with Gasteiger partial charge in [-0.15, -0.1) is 0 Å². The quantitative estimate of drug-likeness (QED) is 0.619. The fourth-order valence-electron chi connectivity index (χ4n) is 8.78. The Labute approximate surface area is 199 Å². The van der Waals surface area contributed by atoms with Crippen LogP contribution in [0.25, 0.3) is 0 Å². The maximum Gasteiger partial charge on any atom is 0.306 e. The first-order valence-corrected chi connectivity index (χ1v) is 12.3. The average molecular weight is 475 g/mol. The molecule has 4 fully saturated rings. The van der Waals surface area contributed by atoms with E-state index in [2.05, 4.69) is 0 Å². The molecular formula is C26H34O8. The van der Waals surface area contributed by atoms with Crippen LogP contribution < -0.4 is 0 Å². The maximum absolute atomic E-state index is 13.8. The van der Waals surface area contributed by atoms with Crippen molar-refractivity contribution >= 4 is 23.5 Å². The van der Waals surface area contributed by atoms with E-state index in [1.165, 1.54) is 7.11 Å². The summed E-state index contributed by atoms with van der Waals surface area (Å²) in [7, 11) is 1.48. The Morgan fingerprint density at radius 2 is 1.85 bits per heavy atom. The molecule has 3 aliphatic carbocycles. The fraction of sp³-hybridized carbons (Fsp3) is 0.769. The minimum atomic E-state index is -1.05. The minimum Gasteiger partial charge on any atom is -0.493 e. The number of allylic oxidation sites excluding steroid dienone is 2. The second-order valence-corrected chi connectivity index (χ2v) is 11.8. The molecular weight excluding hydrogens is 440 g/mol. The molecule has 0 aromatic carbocycles. The molecule has 8 nitrogen and oxygen atoms in total. The van der Waals surface area contributed by atoms with Gasteiger partial charge in [-0.25, -0.2) is 0 Å². The number of carbonyl (C=O) groups excluding carboxylic acids is 4. The average Bonchev–Trinajstić information content (AvgIpc) is 3.20. The molecule has 2 saturated heterocycles. The molecule has 1 N–H and O–H groups in total. The van der Waals surface area contributed by atoms with Crippen LogP contribution in [-0.4, -0.2) is 54.5 Å². The molecule has 0 spiro atoms. The van der Waals surface area contributed by atoms with E-state index >= 15 is 0 Å². The topological polar surface area (TPSA) is 116 Å². The third kappa shape index (κ3) is 2.80. The summed E-state index contributed by atoms with van der Waals surface area (Å²) in [6, 6.07) is 0. The van der Waals surface area contributed by atoms with Gasteiger partial charge in [-0.2, -0.15) is 0 Å². The van der Waals surface area contributed by atoms with Gasteiger partial charge in [0.15, 0.2) is 5.76 Å². The smallest absolute Gasteiger partial charge is 0.306 e. The number of esters is 2. The van der Waals surface area contributed by atoms with Gasteiger partial charge < -0.3 is 19.3 Å². The van der Waals surface area contributed by atoms with Gasteiger partial charge in [0, 0.05) is 28.6 Å². The fourth-order valence-corrected chi connectivity index (χ4v) is 8.78. The lowest BCUT2D eigenvalue weighted by Crippen LogP contribution is -2.73. The molecule has 34 heavy (non-hydrogen) atoms. The zero-order valence-electron chi connectivity index (χ0n) is 20.5. The van der Waals surface area contributed by atoms with Crippen molar-refractivity contribution in [3.8, 4) is 0 Å². The summed E-state index contributed by atoms with van der Waals surface area (Å²) in [5.41, 5.74) is -2.77. The molecule has 0 amide bonds. The van der Waals surface area contributed by atoms with E-state index in [4.69, 9.17) is 14.2 Å². The molecule has 2 aliphatic heterocycles. The third-order valence-corrected chi connectivity index (χ3v) is 10.2. The molecule has 0 unspecified atom stereocenters. The molecule has 0 aromatic rings.